The number of aromatic nitrogens is 3. The van der Waals surface area contributed by atoms with Gasteiger partial charge in [-0.05, 0) is 36.4 Å². The van der Waals surface area contributed by atoms with Gasteiger partial charge >= 0.3 is 0 Å². The van der Waals surface area contributed by atoms with Crippen LogP contribution in [0.4, 0.5) is 10.3 Å². The molecule has 2 aromatic heterocycles. The molecule has 0 spiro atoms. The summed E-state index contributed by atoms with van der Waals surface area (Å²) in [6.07, 6.45) is 1.84. The quantitative estimate of drug-likeness (QED) is 0.611. The number of hydrogen-bond acceptors (Lipinski definition) is 4. The largest absolute Gasteiger partial charge is 0.350 e. The molecular formula is C17H13FN4S. The van der Waals surface area contributed by atoms with Crippen molar-refractivity contribution in [3.8, 4) is 5.69 Å². The zero-order valence-electron chi connectivity index (χ0n) is 12.1. The third-order valence-electron chi connectivity index (χ3n) is 3.55. The lowest BCUT2D eigenvalue weighted by Crippen LogP contribution is -2.05. The van der Waals surface area contributed by atoms with E-state index in [-0.39, 0.29) is 5.82 Å². The second-order valence-corrected chi connectivity index (χ2v) is 6.03. The number of nitrogens with one attached hydrogen (secondary N) is 1. The van der Waals surface area contributed by atoms with Crippen molar-refractivity contribution in [2.24, 2.45) is 0 Å². The first-order valence-corrected chi connectivity index (χ1v) is 8.04. The maximum Gasteiger partial charge on any atom is 0.208 e. The predicted octanol–water partition coefficient (Wildman–Crippen LogP) is 4.23. The minimum atomic E-state index is -0.252. The van der Waals surface area contributed by atoms with Gasteiger partial charge in [-0.25, -0.2) is 9.37 Å². The molecule has 0 unspecified atom stereocenters. The molecule has 1 N–H and O–H groups in total. The third-order valence-corrected chi connectivity index (χ3v) is 4.33. The van der Waals surface area contributed by atoms with Gasteiger partial charge in [0.25, 0.3) is 0 Å². The van der Waals surface area contributed by atoms with E-state index in [1.807, 2.05) is 35.0 Å². The van der Waals surface area contributed by atoms with E-state index in [2.05, 4.69) is 15.3 Å². The van der Waals surface area contributed by atoms with Crippen molar-refractivity contribution in [3.63, 3.8) is 0 Å². The number of fused-ring (bicyclic) bond motifs is 1. The lowest BCUT2D eigenvalue weighted by atomic mass is 10.3. The number of imidazole rings is 1. The zero-order valence-corrected chi connectivity index (χ0v) is 12.9. The van der Waals surface area contributed by atoms with Crippen molar-refractivity contribution < 1.29 is 4.39 Å². The van der Waals surface area contributed by atoms with Gasteiger partial charge in [-0.2, -0.15) is 0 Å². The van der Waals surface area contributed by atoms with Crippen LogP contribution in [-0.2, 0) is 6.54 Å². The molecule has 0 aliphatic carbocycles. The number of para-hydroxylation sites is 2. The molecule has 0 bridgehead atoms. The Hall–Kier alpha value is -2.73. The summed E-state index contributed by atoms with van der Waals surface area (Å²) in [7, 11) is 0. The van der Waals surface area contributed by atoms with Crippen molar-refractivity contribution in [2.75, 3.05) is 5.32 Å². The van der Waals surface area contributed by atoms with Crippen LogP contribution in [0.15, 0.2) is 60.2 Å². The van der Waals surface area contributed by atoms with Crippen LogP contribution < -0.4 is 5.32 Å². The number of rotatable bonds is 4. The molecule has 0 saturated carbocycles. The van der Waals surface area contributed by atoms with Crippen LogP contribution >= 0.6 is 11.3 Å². The average Bonchev–Trinajstić information content (AvgIpc) is 3.21. The molecule has 0 radical (unpaired) electrons. The summed E-state index contributed by atoms with van der Waals surface area (Å²) in [5, 5.41) is 3.35. The Labute approximate surface area is 136 Å². The Morgan fingerprint density at radius 3 is 2.70 bits per heavy atom. The highest BCUT2D eigenvalue weighted by Crippen LogP contribution is 2.25. The van der Waals surface area contributed by atoms with E-state index < -0.39 is 0 Å². The van der Waals surface area contributed by atoms with Gasteiger partial charge in [-0.1, -0.05) is 12.1 Å². The minimum Gasteiger partial charge on any atom is -0.350 e. The summed E-state index contributed by atoms with van der Waals surface area (Å²) in [6.45, 7) is 0.648. The van der Waals surface area contributed by atoms with Crippen LogP contribution in [0.3, 0.4) is 0 Å². The fraction of sp³-hybridized carbons (Fsp3) is 0.0588. The van der Waals surface area contributed by atoms with E-state index >= 15 is 0 Å². The van der Waals surface area contributed by atoms with Crippen LogP contribution in [0.1, 0.15) is 4.88 Å². The van der Waals surface area contributed by atoms with Gasteiger partial charge in [0, 0.05) is 16.8 Å². The standard InChI is InChI=1S/C17H13FN4S/c18-12-5-7-13(8-6-12)22-16-4-2-1-3-15(16)21-17(22)20-10-14-9-19-11-23-14/h1-9,11H,10H2,(H,20,21). The Bertz CT molecular complexity index is 929. The van der Waals surface area contributed by atoms with Crippen LogP contribution in [0.25, 0.3) is 16.7 Å². The van der Waals surface area contributed by atoms with E-state index in [1.54, 1.807) is 29.0 Å². The van der Waals surface area contributed by atoms with Gasteiger partial charge in [0.15, 0.2) is 0 Å². The first kappa shape index (κ1) is 13.9. The molecule has 23 heavy (non-hydrogen) atoms. The zero-order chi connectivity index (χ0) is 15.6. The molecular weight excluding hydrogens is 311 g/mol. The molecule has 0 aliphatic rings. The molecule has 4 rings (SSSR count). The first-order chi connectivity index (χ1) is 11.3. The smallest absolute Gasteiger partial charge is 0.208 e. The maximum absolute atomic E-state index is 13.2. The highest BCUT2D eigenvalue weighted by Gasteiger charge is 2.12. The Balaban J connectivity index is 1.79. The van der Waals surface area contributed by atoms with Crippen molar-refractivity contribution in [1.82, 2.24) is 14.5 Å². The Morgan fingerprint density at radius 1 is 1.09 bits per heavy atom. The number of anilines is 1. The molecule has 0 saturated heterocycles. The number of thiazole rings is 1. The van der Waals surface area contributed by atoms with Gasteiger partial charge in [-0.3, -0.25) is 9.55 Å². The molecule has 114 valence electrons. The molecule has 6 heteroatoms. The Morgan fingerprint density at radius 2 is 1.91 bits per heavy atom. The van der Waals surface area contributed by atoms with Crippen LogP contribution in [-0.4, -0.2) is 14.5 Å². The summed E-state index contributed by atoms with van der Waals surface area (Å²) >= 11 is 1.59. The number of benzene rings is 2. The number of nitrogens with zero attached hydrogens (tertiary/aromatic N) is 3. The molecule has 0 amide bonds. The van der Waals surface area contributed by atoms with E-state index in [9.17, 15) is 4.39 Å². The number of hydrogen-bond donors (Lipinski definition) is 1. The molecule has 2 aromatic carbocycles. The van der Waals surface area contributed by atoms with Gasteiger partial charge < -0.3 is 5.32 Å². The second-order valence-electron chi connectivity index (χ2n) is 5.06. The number of halogens is 1. The highest BCUT2D eigenvalue weighted by atomic mass is 32.1. The molecule has 0 aliphatic heterocycles. The minimum absolute atomic E-state index is 0.252. The molecule has 4 aromatic rings. The molecule has 4 nitrogen and oxygen atoms in total. The normalized spacial score (nSPS) is 11.0. The van der Waals surface area contributed by atoms with Crippen LogP contribution in [0, 0.1) is 5.82 Å². The summed E-state index contributed by atoms with van der Waals surface area (Å²) in [5.41, 5.74) is 4.54. The average molecular weight is 324 g/mol. The van der Waals surface area contributed by atoms with E-state index in [0.717, 1.165) is 27.5 Å². The lowest BCUT2D eigenvalue weighted by Gasteiger charge is -2.10. The third kappa shape index (κ3) is 2.68. The molecule has 0 atom stereocenters. The van der Waals surface area contributed by atoms with Gasteiger partial charge in [0.1, 0.15) is 5.82 Å². The molecule has 0 fully saturated rings. The maximum atomic E-state index is 13.2. The van der Waals surface area contributed by atoms with Crippen molar-refractivity contribution in [1.29, 1.82) is 0 Å². The topological polar surface area (TPSA) is 42.7 Å². The first-order valence-electron chi connectivity index (χ1n) is 7.16. The van der Waals surface area contributed by atoms with Crippen molar-refractivity contribution >= 4 is 28.3 Å². The lowest BCUT2D eigenvalue weighted by molar-refractivity contribution is 0.627. The van der Waals surface area contributed by atoms with E-state index in [0.29, 0.717) is 6.54 Å². The fourth-order valence-electron chi connectivity index (χ4n) is 2.49. The molecule has 2 heterocycles. The SMILES string of the molecule is Fc1ccc(-n2c(NCc3cncs3)nc3ccccc32)cc1. The van der Waals surface area contributed by atoms with Crippen LogP contribution in [0.2, 0.25) is 0 Å². The predicted molar refractivity (Wildman–Crippen MR) is 90.5 cm³/mol. The van der Waals surface area contributed by atoms with Gasteiger partial charge in [0.2, 0.25) is 5.95 Å². The van der Waals surface area contributed by atoms with Gasteiger partial charge in [-0.15, -0.1) is 11.3 Å². The van der Waals surface area contributed by atoms with Crippen LogP contribution in [0.5, 0.6) is 0 Å². The van der Waals surface area contributed by atoms with E-state index in [4.69, 9.17) is 0 Å². The summed E-state index contributed by atoms with van der Waals surface area (Å²) in [6, 6.07) is 14.3. The van der Waals surface area contributed by atoms with Crippen molar-refractivity contribution in [3.05, 3.63) is 70.9 Å². The Kier molecular flexibility index (Phi) is 3.51. The monoisotopic (exact) mass is 324 g/mol. The summed E-state index contributed by atoms with van der Waals surface area (Å²) < 4.78 is 15.2. The summed E-state index contributed by atoms with van der Waals surface area (Å²) in [5.74, 6) is 0.476. The summed E-state index contributed by atoms with van der Waals surface area (Å²) in [4.78, 5) is 9.86. The van der Waals surface area contributed by atoms with Crippen molar-refractivity contribution in [2.45, 2.75) is 6.54 Å². The van der Waals surface area contributed by atoms with Gasteiger partial charge in [0.05, 0.1) is 23.1 Å². The second kappa shape index (κ2) is 5.81. The fourth-order valence-corrected chi connectivity index (χ4v) is 3.03. The van der Waals surface area contributed by atoms with E-state index in [1.165, 1.54) is 12.1 Å². The highest BCUT2D eigenvalue weighted by molar-refractivity contribution is 7.09.